The number of hydrogen-bond acceptors (Lipinski definition) is 5. The molecule has 1 aliphatic carbocycles. The van der Waals surface area contributed by atoms with Gasteiger partial charge in [-0.15, -0.1) is 0 Å². The smallest absolute Gasteiger partial charge is 0.341 e. The van der Waals surface area contributed by atoms with E-state index in [-0.39, 0.29) is 6.04 Å². The van der Waals surface area contributed by atoms with Crippen LogP contribution < -0.4 is 13.8 Å². The van der Waals surface area contributed by atoms with Gasteiger partial charge in [-0.3, -0.25) is 8.86 Å². The van der Waals surface area contributed by atoms with E-state index in [0.29, 0.717) is 35.9 Å². The Balaban J connectivity index is 1.61. The largest absolute Gasteiger partial charge is 0.482 e. The number of aliphatic carboxylic acids is 1. The van der Waals surface area contributed by atoms with Crippen LogP contribution in [0, 0.1) is 0 Å². The first-order valence-corrected chi connectivity index (χ1v) is 11.1. The molecule has 2 atom stereocenters. The molecule has 0 spiro atoms. The van der Waals surface area contributed by atoms with Crippen LogP contribution in [0.25, 0.3) is 0 Å². The Bertz CT molecular complexity index is 1110. The van der Waals surface area contributed by atoms with Gasteiger partial charge in [0, 0.05) is 6.07 Å². The second-order valence-electron chi connectivity index (χ2n) is 7.24. The number of hydrogen-bond donors (Lipinski definition) is 2. The van der Waals surface area contributed by atoms with Crippen LogP contribution in [0.2, 0.25) is 0 Å². The first-order valence-electron chi connectivity index (χ1n) is 10.1. The molecule has 2 unspecified atom stereocenters. The number of carboxylic acid groups (broad SMARTS) is 1. The van der Waals surface area contributed by atoms with E-state index in [1.807, 2.05) is 36.4 Å². The number of pyridine rings is 1. The van der Waals surface area contributed by atoms with Crippen molar-refractivity contribution in [2.24, 2.45) is 0 Å². The molecule has 9 heteroatoms. The van der Waals surface area contributed by atoms with E-state index in [0.717, 1.165) is 17.5 Å². The number of anilines is 1. The van der Waals surface area contributed by atoms with E-state index in [2.05, 4.69) is 4.98 Å². The molecule has 0 saturated carbocycles. The molecule has 0 amide bonds. The molecular weight excluding hydrogens is 432 g/mol. The fourth-order valence-electron chi connectivity index (χ4n) is 3.86. The van der Waals surface area contributed by atoms with Crippen LogP contribution in [0.5, 0.6) is 17.4 Å². The SMILES string of the molecule is O=C(O)COc1cccc2c1CCCC2N(c1ccc(Oc2ccccc2)nc1)S(=O)O. The quantitative estimate of drug-likeness (QED) is 0.487. The lowest BCUT2D eigenvalue weighted by atomic mass is 9.87. The third-order valence-corrected chi connectivity index (χ3v) is 5.98. The van der Waals surface area contributed by atoms with E-state index in [4.69, 9.17) is 14.6 Å². The minimum atomic E-state index is -2.30. The minimum absolute atomic E-state index is 0.372. The summed E-state index contributed by atoms with van der Waals surface area (Å²) in [5, 5.41) is 8.93. The van der Waals surface area contributed by atoms with Crippen LogP contribution >= 0.6 is 0 Å². The highest BCUT2D eigenvalue weighted by Crippen LogP contribution is 2.41. The number of fused-ring (bicyclic) bond motifs is 1. The highest BCUT2D eigenvalue weighted by molar-refractivity contribution is 7.80. The van der Waals surface area contributed by atoms with Gasteiger partial charge in [0.2, 0.25) is 5.88 Å². The lowest BCUT2D eigenvalue weighted by molar-refractivity contribution is -0.139. The van der Waals surface area contributed by atoms with Crippen molar-refractivity contribution in [3.8, 4) is 17.4 Å². The molecule has 0 radical (unpaired) electrons. The molecule has 1 aliphatic rings. The minimum Gasteiger partial charge on any atom is -0.482 e. The molecule has 0 aliphatic heterocycles. The molecule has 4 rings (SSSR count). The molecule has 32 heavy (non-hydrogen) atoms. The molecule has 0 fully saturated rings. The molecule has 1 heterocycles. The lowest BCUT2D eigenvalue weighted by Gasteiger charge is -2.34. The van der Waals surface area contributed by atoms with Crippen molar-refractivity contribution in [1.29, 1.82) is 0 Å². The summed E-state index contributed by atoms with van der Waals surface area (Å²) in [4.78, 5) is 15.2. The van der Waals surface area contributed by atoms with Gasteiger partial charge >= 0.3 is 5.97 Å². The van der Waals surface area contributed by atoms with Crippen molar-refractivity contribution < 1.29 is 28.1 Å². The molecule has 1 aromatic heterocycles. The van der Waals surface area contributed by atoms with Crippen molar-refractivity contribution in [3.05, 3.63) is 78.0 Å². The van der Waals surface area contributed by atoms with Crippen molar-refractivity contribution in [3.63, 3.8) is 0 Å². The predicted octanol–water partition coefficient (Wildman–Crippen LogP) is 4.36. The molecule has 3 aromatic rings. The summed E-state index contributed by atoms with van der Waals surface area (Å²) in [6.45, 7) is -0.441. The lowest BCUT2D eigenvalue weighted by Crippen LogP contribution is -2.33. The van der Waals surface area contributed by atoms with Gasteiger partial charge in [-0.1, -0.05) is 30.3 Å². The first kappa shape index (κ1) is 21.8. The second-order valence-corrected chi connectivity index (χ2v) is 8.10. The Morgan fingerprint density at radius 1 is 1.12 bits per heavy atom. The van der Waals surface area contributed by atoms with E-state index in [9.17, 15) is 13.6 Å². The number of carboxylic acids is 1. The summed E-state index contributed by atoms with van der Waals surface area (Å²) in [6, 6.07) is 17.6. The maximum atomic E-state index is 12.4. The highest BCUT2D eigenvalue weighted by Gasteiger charge is 2.31. The maximum absolute atomic E-state index is 12.4. The molecule has 8 nitrogen and oxygen atoms in total. The van der Waals surface area contributed by atoms with Gasteiger partial charge in [-0.05, 0) is 54.7 Å². The molecule has 166 valence electrons. The number of carbonyl (C=O) groups is 1. The zero-order chi connectivity index (χ0) is 22.5. The van der Waals surface area contributed by atoms with Crippen molar-refractivity contribution in [2.45, 2.75) is 25.3 Å². The monoisotopic (exact) mass is 454 g/mol. The normalized spacial score (nSPS) is 16.0. The third-order valence-electron chi connectivity index (χ3n) is 5.18. The van der Waals surface area contributed by atoms with Gasteiger partial charge in [-0.25, -0.2) is 14.0 Å². The number of nitrogens with zero attached hydrogens (tertiary/aromatic N) is 2. The molecular formula is C23H22N2O6S. The standard InChI is InChI=1S/C23H22N2O6S/c26-23(27)15-30-21-11-5-8-18-19(21)9-4-10-20(18)25(32(28)29)16-12-13-22(24-14-16)31-17-6-2-1-3-7-17/h1-3,5-8,11-14,20H,4,9-10,15H2,(H,26,27)(H,28,29). The van der Waals surface area contributed by atoms with E-state index >= 15 is 0 Å². The molecule has 0 saturated heterocycles. The van der Waals surface area contributed by atoms with E-state index in [1.165, 1.54) is 10.5 Å². The fraction of sp³-hybridized carbons (Fsp3) is 0.217. The van der Waals surface area contributed by atoms with Gasteiger partial charge in [-0.2, -0.15) is 0 Å². The van der Waals surface area contributed by atoms with E-state index < -0.39 is 23.8 Å². The fourth-order valence-corrected chi connectivity index (χ4v) is 4.58. The Hall–Kier alpha value is -3.43. The first-order chi connectivity index (χ1) is 15.5. The van der Waals surface area contributed by atoms with Crippen LogP contribution in [0.4, 0.5) is 5.69 Å². The van der Waals surface area contributed by atoms with Gasteiger partial charge in [0.05, 0.1) is 17.9 Å². The van der Waals surface area contributed by atoms with Gasteiger partial charge in [0.25, 0.3) is 11.3 Å². The second kappa shape index (κ2) is 9.80. The third kappa shape index (κ3) is 4.90. The molecule has 2 N–H and O–H groups in total. The summed E-state index contributed by atoms with van der Waals surface area (Å²) < 4.78 is 35.0. The van der Waals surface area contributed by atoms with Crippen LogP contribution in [0.1, 0.15) is 30.0 Å². The number of rotatable bonds is 8. The summed E-state index contributed by atoms with van der Waals surface area (Å²) in [5.41, 5.74) is 2.17. The van der Waals surface area contributed by atoms with Crippen molar-refractivity contribution in [1.82, 2.24) is 4.98 Å². The van der Waals surface area contributed by atoms with Gasteiger partial charge in [0.1, 0.15) is 11.5 Å². The average Bonchev–Trinajstić information content (AvgIpc) is 2.79. The van der Waals surface area contributed by atoms with Gasteiger partial charge < -0.3 is 14.6 Å². The zero-order valence-corrected chi connectivity index (χ0v) is 17.9. The highest BCUT2D eigenvalue weighted by atomic mass is 32.2. The van der Waals surface area contributed by atoms with E-state index in [1.54, 1.807) is 24.3 Å². The van der Waals surface area contributed by atoms with Crippen LogP contribution in [0.15, 0.2) is 66.9 Å². The van der Waals surface area contributed by atoms with Crippen molar-refractivity contribution in [2.75, 3.05) is 10.9 Å². The number of benzene rings is 2. The number of aromatic nitrogens is 1. The number of ether oxygens (including phenoxy) is 2. The summed E-state index contributed by atoms with van der Waals surface area (Å²) >= 11 is -2.30. The van der Waals surface area contributed by atoms with Crippen LogP contribution in [0.3, 0.4) is 0 Å². The molecule has 2 aromatic carbocycles. The average molecular weight is 455 g/mol. The van der Waals surface area contributed by atoms with Crippen LogP contribution in [-0.4, -0.2) is 31.4 Å². The van der Waals surface area contributed by atoms with Crippen molar-refractivity contribution >= 4 is 22.9 Å². The number of para-hydroxylation sites is 1. The summed E-state index contributed by atoms with van der Waals surface area (Å²) in [5.74, 6) is 0.447. The Morgan fingerprint density at radius 2 is 1.94 bits per heavy atom. The Kier molecular flexibility index (Phi) is 6.67. The Labute approximate surface area is 187 Å². The molecule has 0 bridgehead atoms. The summed E-state index contributed by atoms with van der Waals surface area (Å²) in [6.07, 6.45) is 3.63. The maximum Gasteiger partial charge on any atom is 0.341 e. The Morgan fingerprint density at radius 3 is 2.62 bits per heavy atom. The topological polar surface area (TPSA) is 109 Å². The summed E-state index contributed by atoms with van der Waals surface area (Å²) in [7, 11) is 0. The predicted molar refractivity (Wildman–Crippen MR) is 119 cm³/mol. The van der Waals surface area contributed by atoms with Gasteiger partial charge in [0.15, 0.2) is 6.61 Å². The zero-order valence-electron chi connectivity index (χ0n) is 17.1. The van der Waals surface area contributed by atoms with Crippen LogP contribution in [-0.2, 0) is 22.5 Å².